The van der Waals surface area contributed by atoms with Crippen molar-refractivity contribution >= 4 is 49.3 Å². The summed E-state index contributed by atoms with van der Waals surface area (Å²) in [6.07, 6.45) is 3.56. The van der Waals surface area contributed by atoms with Crippen molar-refractivity contribution in [2.45, 2.75) is 0 Å². The Morgan fingerprint density at radius 2 is 1.36 bits per heavy atom. The van der Waals surface area contributed by atoms with Crippen LogP contribution in [0.2, 0.25) is 0 Å². The minimum Gasteiger partial charge on any atom is -0.497 e. The van der Waals surface area contributed by atoms with Crippen molar-refractivity contribution in [3.05, 3.63) is 128 Å². The van der Waals surface area contributed by atoms with Gasteiger partial charge in [-0.15, -0.1) is 47.5 Å². The number of nitrogens with zero attached hydrogens (tertiary/aromatic N) is 3. The molecule has 0 saturated carbocycles. The number of para-hydroxylation sites is 2. The molecule has 5 nitrogen and oxygen atoms in total. The van der Waals surface area contributed by atoms with Gasteiger partial charge in [0.1, 0.15) is 5.58 Å². The number of ether oxygens (including phenoxy) is 1. The van der Waals surface area contributed by atoms with Crippen LogP contribution in [0.25, 0.3) is 71.8 Å². The molecule has 0 amide bonds. The molecule has 0 unspecified atom stereocenters. The maximum atomic E-state index is 6.52. The van der Waals surface area contributed by atoms with Gasteiger partial charge in [0, 0.05) is 51.1 Å². The Kier molecular flexibility index (Phi) is 5.63. The summed E-state index contributed by atoms with van der Waals surface area (Å²) < 4.78 is 15.1. The van der Waals surface area contributed by atoms with Crippen LogP contribution in [-0.2, 0) is 21.1 Å². The van der Waals surface area contributed by atoms with Crippen LogP contribution >= 0.6 is 0 Å². The monoisotopic (exact) mass is 720 g/mol. The molecule has 0 fully saturated rings. The molecule has 0 radical (unpaired) electrons. The van der Waals surface area contributed by atoms with Gasteiger partial charge >= 0.3 is 21.1 Å². The van der Waals surface area contributed by atoms with Gasteiger partial charge in [-0.05, 0) is 30.0 Å². The molecule has 9 aromatic rings. The van der Waals surface area contributed by atoms with Crippen LogP contribution in [0.5, 0.6) is 11.5 Å². The first kappa shape index (κ1) is 24.8. The molecular weight excluding hydrogens is 701 g/mol. The molecule has 42 heavy (non-hydrogen) atoms. The van der Waals surface area contributed by atoms with E-state index in [2.05, 4.69) is 64.0 Å². The van der Waals surface area contributed by atoms with E-state index in [1.54, 1.807) is 12.4 Å². The van der Waals surface area contributed by atoms with Gasteiger partial charge in [-0.3, -0.25) is 0 Å². The summed E-state index contributed by atoms with van der Waals surface area (Å²) >= 11 is 0. The standard InChI is InChI=1S/C36H19N3O2.Pt/c1-2-16-30-26(12-1)27-13-7-14-28-34(27)39(30)35-32-31(41-36(28)35)17-19-38-33(32)23-9-6-11-25(21-23)40-24-10-5-8-22(20-24)29-15-3-4-18-37-29;/h1-19H;/q-2;+2. The molecule has 0 bridgehead atoms. The Morgan fingerprint density at radius 3 is 2.21 bits per heavy atom. The number of furan rings is 1. The number of rotatable bonds is 4. The summed E-state index contributed by atoms with van der Waals surface area (Å²) in [4.78, 5) is 9.28. The molecule has 5 heterocycles. The summed E-state index contributed by atoms with van der Waals surface area (Å²) in [6.45, 7) is 0. The van der Waals surface area contributed by atoms with E-state index in [1.807, 2.05) is 60.7 Å². The van der Waals surface area contributed by atoms with E-state index < -0.39 is 0 Å². The largest absolute Gasteiger partial charge is 2.00 e. The predicted octanol–water partition coefficient (Wildman–Crippen LogP) is 9.10. The quantitative estimate of drug-likeness (QED) is 0.170. The van der Waals surface area contributed by atoms with E-state index in [-0.39, 0.29) is 21.1 Å². The van der Waals surface area contributed by atoms with Gasteiger partial charge in [-0.2, -0.15) is 0 Å². The van der Waals surface area contributed by atoms with E-state index >= 15 is 0 Å². The van der Waals surface area contributed by atoms with Crippen LogP contribution in [0, 0.1) is 12.1 Å². The minimum atomic E-state index is 0. The summed E-state index contributed by atoms with van der Waals surface area (Å²) in [6, 6.07) is 41.1. The molecule has 0 aliphatic rings. The molecule has 0 N–H and O–H groups in total. The van der Waals surface area contributed by atoms with Crippen molar-refractivity contribution in [2.75, 3.05) is 0 Å². The summed E-state index contributed by atoms with van der Waals surface area (Å²) in [5.74, 6) is 1.17. The average molecular weight is 721 g/mol. The fourth-order valence-electron chi connectivity index (χ4n) is 6.01. The van der Waals surface area contributed by atoms with E-state index in [9.17, 15) is 0 Å². The van der Waals surface area contributed by atoms with Gasteiger partial charge in [-0.1, -0.05) is 54.6 Å². The summed E-state index contributed by atoms with van der Waals surface area (Å²) in [7, 11) is 0. The van der Waals surface area contributed by atoms with Gasteiger partial charge in [-0.25, -0.2) is 0 Å². The second kappa shape index (κ2) is 9.54. The molecule has 200 valence electrons. The van der Waals surface area contributed by atoms with Crippen molar-refractivity contribution < 1.29 is 30.2 Å². The first-order valence-corrected chi connectivity index (χ1v) is 13.4. The van der Waals surface area contributed by atoms with Crippen LogP contribution in [-0.4, -0.2) is 14.4 Å². The Morgan fingerprint density at radius 1 is 0.619 bits per heavy atom. The molecule has 0 atom stereocenters. The zero-order valence-electron chi connectivity index (χ0n) is 21.9. The molecule has 0 aliphatic carbocycles. The molecule has 0 spiro atoms. The second-order valence-electron chi connectivity index (χ2n) is 10.0. The number of fused-ring (bicyclic) bond motifs is 8. The van der Waals surface area contributed by atoms with Crippen LogP contribution in [0.15, 0.2) is 120 Å². The Bertz CT molecular complexity index is 2410. The van der Waals surface area contributed by atoms with Gasteiger partial charge in [0.2, 0.25) is 0 Å². The molecule has 6 heteroatoms. The van der Waals surface area contributed by atoms with Gasteiger partial charge < -0.3 is 23.5 Å². The predicted molar refractivity (Wildman–Crippen MR) is 162 cm³/mol. The smallest absolute Gasteiger partial charge is 0.497 e. The second-order valence-corrected chi connectivity index (χ2v) is 10.0. The number of hydrogen-bond acceptors (Lipinski definition) is 4. The van der Waals surface area contributed by atoms with Crippen LogP contribution < -0.4 is 4.74 Å². The normalized spacial score (nSPS) is 11.6. The fourth-order valence-corrected chi connectivity index (χ4v) is 6.01. The van der Waals surface area contributed by atoms with Crippen LogP contribution in [0.4, 0.5) is 0 Å². The Hall–Kier alpha value is -4.99. The minimum absolute atomic E-state index is 0. The topological polar surface area (TPSA) is 52.6 Å². The fraction of sp³-hybridized carbons (Fsp3) is 0. The molecule has 9 rings (SSSR count). The molecule has 0 aliphatic heterocycles. The first-order chi connectivity index (χ1) is 20.3. The third-order valence-electron chi connectivity index (χ3n) is 7.69. The van der Waals surface area contributed by atoms with Crippen molar-refractivity contribution in [2.24, 2.45) is 0 Å². The van der Waals surface area contributed by atoms with E-state index in [1.165, 1.54) is 16.3 Å². The number of hydrogen-bond donors (Lipinski definition) is 0. The summed E-state index contributed by atoms with van der Waals surface area (Å²) in [5.41, 5.74) is 8.32. The maximum absolute atomic E-state index is 6.52. The van der Waals surface area contributed by atoms with Gasteiger partial charge in [0.25, 0.3) is 0 Å². The van der Waals surface area contributed by atoms with Crippen LogP contribution in [0.1, 0.15) is 0 Å². The Balaban J connectivity index is 0.00000267. The van der Waals surface area contributed by atoms with Gasteiger partial charge in [0.15, 0.2) is 5.58 Å². The third-order valence-corrected chi connectivity index (χ3v) is 7.69. The molecule has 4 aromatic carbocycles. The number of aromatic nitrogens is 3. The van der Waals surface area contributed by atoms with E-state index in [0.29, 0.717) is 11.5 Å². The molecular formula is C36H19N3O2Pt. The van der Waals surface area contributed by atoms with E-state index in [0.717, 1.165) is 55.5 Å². The molecule has 5 aromatic heterocycles. The zero-order chi connectivity index (χ0) is 26.9. The van der Waals surface area contributed by atoms with Crippen molar-refractivity contribution in [1.82, 2.24) is 14.4 Å². The number of pyridine rings is 2. The maximum Gasteiger partial charge on any atom is 2.00 e. The number of benzene rings is 4. The average Bonchev–Trinajstić information content (AvgIpc) is 3.68. The Labute approximate surface area is 254 Å². The third kappa shape index (κ3) is 3.60. The SMILES string of the molecule is [Pt+2].[c-]1c(Oc2[c-]c(-c3nccc4oc5c6cccc7c8ccccc8n(c76)c5c34)ccc2)cccc1-c1ccccn1. The zero-order valence-corrected chi connectivity index (χ0v) is 24.2. The molecule has 0 saturated heterocycles. The van der Waals surface area contributed by atoms with E-state index in [4.69, 9.17) is 14.1 Å². The van der Waals surface area contributed by atoms with Crippen LogP contribution in [0.3, 0.4) is 0 Å². The van der Waals surface area contributed by atoms with Crippen molar-refractivity contribution in [1.29, 1.82) is 0 Å². The van der Waals surface area contributed by atoms with Crippen molar-refractivity contribution in [3.8, 4) is 34.0 Å². The van der Waals surface area contributed by atoms with Crippen molar-refractivity contribution in [3.63, 3.8) is 0 Å². The summed E-state index contributed by atoms with van der Waals surface area (Å²) in [5, 5.41) is 4.49. The van der Waals surface area contributed by atoms with Gasteiger partial charge in [0.05, 0.1) is 16.6 Å². The first-order valence-electron chi connectivity index (χ1n) is 13.4.